The fourth-order valence-electron chi connectivity index (χ4n) is 8.17. The monoisotopic (exact) mass is 1070 g/mol. The Balaban J connectivity index is 1.79. The smallest absolute Gasteiger partial charge is 0.326 e. The van der Waals surface area contributed by atoms with E-state index >= 15 is 0 Å². The van der Waals surface area contributed by atoms with Crippen molar-refractivity contribution in [1.29, 1.82) is 16.1 Å². The maximum absolute atomic E-state index is 14.6. The fourth-order valence-corrected chi connectivity index (χ4v) is 8.17. The lowest BCUT2D eigenvalue weighted by Gasteiger charge is -2.28. The summed E-state index contributed by atoms with van der Waals surface area (Å²) in [5.41, 5.74) is 12.7. The zero-order chi connectivity index (χ0) is 56.6. The predicted octanol–water partition coefficient (Wildman–Crippen LogP) is -2.99. The summed E-state index contributed by atoms with van der Waals surface area (Å²) in [7, 11) is 0. The van der Waals surface area contributed by atoms with Crippen molar-refractivity contribution in [2.45, 2.75) is 120 Å². The highest BCUT2D eigenvalue weighted by molar-refractivity contribution is 5.99. The Morgan fingerprint density at radius 2 is 1.36 bits per heavy atom. The van der Waals surface area contributed by atoms with Crippen molar-refractivity contribution in [1.82, 2.24) is 58.2 Å². The first kappa shape index (κ1) is 60.3. The van der Waals surface area contributed by atoms with Crippen molar-refractivity contribution in [3.05, 3.63) is 71.4 Å². The van der Waals surface area contributed by atoms with Crippen LogP contribution in [0.3, 0.4) is 0 Å². The van der Waals surface area contributed by atoms with Crippen molar-refractivity contribution >= 4 is 82.0 Å². The Labute approximate surface area is 441 Å². The minimum Gasteiger partial charge on any atom is -0.481 e. The predicted molar refractivity (Wildman–Crippen MR) is 276 cm³/mol. The van der Waals surface area contributed by atoms with Crippen LogP contribution in [-0.2, 0) is 60.8 Å². The first-order valence-corrected chi connectivity index (χ1v) is 24.6. The number of benzene rings is 2. The van der Waals surface area contributed by atoms with Gasteiger partial charge >= 0.3 is 11.9 Å². The van der Waals surface area contributed by atoms with Gasteiger partial charge in [0.25, 0.3) is 0 Å². The number of hydrogen-bond acceptors (Lipinski definition) is 13. The molecule has 3 aromatic rings. The Bertz CT molecular complexity index is 2690. The standard InChI is InChI=1S/C49H66N16O12/c1-26(66)59-32(9-4-19-56-48(51)52)41(70)61-34-16-17-39(67)55-18-6-11-35(47(76)77)62-45(74)37(22-29-25-58-31-8-3-2-7-30(29)31)64-42(71)33(10-5-20-57-49(53)54)60-44(73)36(21-27-12-14-28(24-50)15-13-27)63-46(75)38(23-40(68)69)65-43(34)72/h2-3,7-8,12-15,25,32-38,58H,4-6,9-11,16-23H2,1H3,(H,55,67)(H,59,66)(H,60,73)(H,61,70)(H,62,74)(H,63,75)(H,64,71)(H,65,72)(H,68,69)(H,76,77)(H4,51,52,56)(H4,53,54,57)/t32-,33-,34-,35?,36+,37-,38-/m0/s1. The van der Waals surface area contributed by atoms with Crippen LogP contribution in [0.1, 0.15) is 81.4 Å². The largest absolute Gasteiger partial charge is 0.481 e. The van der Waals surface area contributed by atoms with Gasteiger partial charge in [0.2, 0.25) is 47.3 Å². The van der Waals surface area contributed by atoms with Gasteiger partial charge in [0.15, 0.2) is 11.9 Å². The number of carboxylic acids is 2. The van der Waals surface area contributed by atoms with E-state index in [9.17, 15) is 63.4 Å². The lowest BCUT2D eigenvalue weighted by atomic mass is 10.0. The number of fused-ring (bicyclic) bond motifs is 1. The van der Waals surface area contributed by atoms with Gasteiger partial charge in [-0.05, 0) is 74.3 Å². The summed E-state index contributed by atoms with van der Waals surface area (Å²) in [4.78, 5) is 139. The van der Waals surface area contributed by atoms with E-state index in [0.29, 0.717) is 22.0 Å². The molecule has 1 aromatic heterocycles. The molecule has 0 bridgehead atoms. The molecule has 28 heteroatoms. The first-order valence-electron chi connectivity index (χ1n) is 24.6. The molecule has 2 heterocycles. The summed E-state index contributed by atoms with van der Waals surface area (Å²) in [5.74, 6) is -11.3. The van der Waals surface area contributed by atoms with Gasteiger partial charge < -0.3 is 79.8 Å². The van der Waals surface area contributed by atoms with Gasteiger partial charge in [0.05, 0.1) is 18.1 Å². The van der Waals surface area contributed by atoms with Gasteiger partial charge in [-0.15, -0.1) is 0 Å². The third kappa shape index (κ3) is 20.5. The van der Waals surface area contributed by atoms with E-state index in [4.69, 9.17) is 22.3 Å². The number of H-pyrrole nitrogens is 1. The maximum atomic E-state index is 14.6. The summed E-state index contributed by atoms with van der Waals surface area (Å²) < 4.78 is 0. The summed E-state index contributed by atoms with van der Waals surface area (Å²) in [6.07, 6.45) is -1.12. The van der Waals surface area contributed by atoms with Crippen molar-refractivity contribution in [3.63, 3.8) is 0 Å². The molecule has 1 aliphatic heterocycles. The van der Waals surface area contributed by atoms with Crippen molar-refractivity contribution in [3.8, 4) is 6.07 Å². The second kappa shape index (κ2) is 30.2. The summed E-state index contributed by atoms with van der Waals surface area (Å²) in [6, 6.07) is 3.77. The van der Waals surface area contributed by atoms with Crippen LogP contribution in [0.2, 0.25) is 0 Å². The van der Waals surface area contributed by atoms with Gasteiger partial charge in [-0.25, -0.2) is 4.79 Å². The lowest BCUT2D eigenvalue weighted by molar-refractivity contribution is -0.143. The quantitative estimate of drug-likeness (QED) is 0.0343. The fraction of sp³-hybridized carbons (Fsp3) is 0.449. The summed E-state index contributed by atoms with van der Waals surface area (Å²) >= 11 is 0. The average Bonchev–Trinajstić information content (AvgIpc) is 3.79. The van der Waals surface area contributed by atoms with Gasteiger partial charge in [0.1, 0.15) is 42.3 Å². The molecular formula is C49H66N16O12. The number of nitrogens with one attached hydrogen (secondary N) is 13. The highest BCUT2D eigenvalue weighted by Gasteiger charge is 2.35. The number of nitrogens with two attached hydrogens (primary N) is 2. The molecule has 28 nitrogen and oxygen atoms in total. The molecule has 2 aromatic carbocycles. The molecule has 414 valence electrons. The van der Waals surface area contributed by atoms with Crippen LogP contribution in [0.5, 0.6) is 0 Å². The molecule has 19 N–H and O–H groups in total. The molecule has 7 atom stereocenters. The van der Waals surface area contributed by atoms with Crippen LogP contribution in [0.25, 0.3) is 10.9 Å². The molecule has 1 fully saturated rings. The number of nitriles is 1. The van der Waals surface area contributed by atoms with E-state index in [1.165, 1.54) is 24.3 Å². The van der Waals surface area contributed by atoms with Crippen LogP contribution < -0.4 is 64.6 Å². The highest BCUT2D eigenvalue weighted by Crippen LogP contribution is 2.20. The van der Waals surface area contributed by atoms with Gasteiger partial charge in [-0.2, -0.15) is 5.26 Å². The Morgan fingerprint density at radius 3 is 2.00 bits per heavy atom. The average molecular weight is 1070 g/mol. The van der Waals surface area contributed by atoms with E-state index in [1.807, 2.05) is 6.07 Å². The number of para-hydroxylation sites is 1. The van der Waals surface area contributed by atoms with Gasteiger partial charge in [0, 0.05) is 62.9 Å². The van der Waals surface area contributed by atoms with E-state index in [1.54, 1.807) is 30.5 Å². The second-order valence-corrected chi connectivity index (χ2v) is 18.1. The van der Waals surface area contributed by atoms with E-state index < -0.39 is 127 Å². The minimum atomic E-state index is -1.96. The van der Waals surface area contributed by atoms with E-state index in [0.717, 1.165) is 6.92 Å². The van der Waals surface area contributed by atoms with Crippen LogP contribution in [0.4, 0.5) is 0 Å². The number of aromatic amines is 1. The highest BCUT2D eigenvalue weighted by atomic mass is 16.4. The SMILES string of the molecule is CC(=O)N[C@@H](CCCNC(=N)N)C(=O)N[C@H]1CCC(=O)NCCCC(C(=O)O)NC(=O)[C@H](Cc2c[nH]c3ccccc23)NC(=O)[C@H](CCCNC(=N)N)NC(=O)[C@@H](Cc2ccc(C#N)cc2)NC(=O)[C@H](CC(=O)O)NC1=O. The maximum Gasteiger partial charge on any atom is 0.326 e. The van der Waals surface area contributed by atoms with Crippen molar-refractivity contribution < 1.29 is 58.2 Å². The number of carbonyl (C=O) groups excluding carboxylic acids is 8. The minimum absolute atomic E-state index is 0.0159. The number of rotatable bonds is 18. The molecule has 1 unspecified atom stereocenters. The summed E-state index contributed by atoms with van der Waals surface area (Å²) in [5, 5.41) is 70.5. The normalized spacial score (nSPS) is 20.7. The number of carboxylic acid groups (broad SMARTS) is 2. The van der Waals surface area contributed by atoms with Crippen LogP contribution >= 0.6 is 0 Å². The number of guanidine groups is 2. The van der Waals surface area contributed by atoms with Crippen LogP contribution in [0, 0.1) is 22.1 Å². The molecular weight excluding hydrogens is 1000 g/mol. The molecule has 0 saturated carbocycles. The third-order valence-electron chi connectivity index (χ3n) is 12.1. The van der Waals surface area contributed by atoms with E-state index in [2.05, 4.69) is 58.2 Å². The van der Waals surface area contributed by atoms with E-state index in [-0.39, 0.29) is 82.5 Å². The lowest BCUT2D eigenvalue weighted by Crippen LogP contribution is -2.60. The molecule has 0 radical (unpaired) electrons. The van der Waals surface area contributed by atoms with Crippen LogP contribution in [-0.4, -0.2) is 148 Å². The van der Waals surface area contributed by atoms with Crippen molar-refractivity contribution in [2.75, 3.05) is 19.6 Å². The molecule has 0 spiro atoms. The molecule has 8 amide bonds. The van der Waals surface area contributed by atoms with Gasteiger partial charge in [-0.1, -0.05) is 30.3 Å². The number of carbonyl (C=O) groups is 10. The van der Waals surface area contributed by atoms with Gasteiger partial charge in [-0.3, -0.25) is 54.0 Å². The topological polar surface area (TPSA) is 471 Å². The zero-order valence-corrected chi connectivity index (χ0v) is 42.2. The molecule has 0 aliphatic carbocycles. The van der Waals surface area contributed by atoms with Crippen LogP contribution in [0.15, 0.2) is 54.7 Å². The number of aliphatic carboxylic acids is 2. The Morgan fingerprint density at radius 1 is 0.766 bits per heavy atom. The molecule has 4 rings (SSSR count). The molecule has 77 heavy (non-hydrogen) atoms. The zero-order valence-electron chi connectivity index (χ0n) is 42.2. The molecule has 1 saturated heterocycles. The Kier molecular flexibility index (Phi) is 23.6. The first-order chi connectivity index (χ1) is 36.6. The number of amides is 8. The molecule has 1 aliphatic rings. The Hall–Kier alpha value is -9.29. The second-order valence-electron chi connectivity index (χ2n) is 18.1. The summed E-state index contributed by atoms with van der Waals surface area (Å²) in [6.45, 7) is 1.15. The number of nitrogens with zero attached hydrogens (tertiary/aromatic N) is 1. The number of aromatic nitrogens is 1. The van der Waals surface area contributed by atoms with Crippen molar-refractivity contribution in [2.24, 2.45) is 11.5 Å². The third-order valence-corrected chi connectivity index (χ3v) is 12.1. The number of hydrogen-bond donors (Lipinski definition) is 17.